The second-order valence-corrected chi connectivity index (χ2v) is 7.95. The quantitative estimate of drug-likeness (QED) is 0.712. The van der Waals surface area contributed by atoms with Crippen LogP contribution < -0.4 is 4.74 Å². The molecular formula is C22H30N4O2. The van der Waals surface area contributed by atoms with Crippen molar-refractivity contribution in [2.75, 3.05) is 13.2 Å². The van der Waals surface area contributed by atoms with Crippen LogP contribution >= 0.6 is 0 Å². The Labute approximate surface area is 166 Å². The van der Waals surface area contributed by atoms with Crippen LogP contribution in [0.3, 0.4) is 0 Å². The predicted octanol–water partition coefficient (Wildman–Crippen LogP) is 3.84. The smallest absolute Gasteiger partial charge is 0.223 e. The number of aromatic nitrogens is 3. The number of rotatable bonds is 6. The molecule has 1 atom stereocenters. The highest BCUT2D eigenvalue weighted by Crippen LogP contribution is 2.33. The monoisotopic (exact) mass is 382 g/mol. The van der Waals surface area contributed by atoms with Crippen molar-refractivity contribution in [3.63, 3.8) is 0 Å². The number of hydrogen-bond acceptors (Lipinski definition) is 4. The number of benzene rings is 1. The van der Waals surface area contributed by atoms with Crippen LogP contribution in [-0.2, 0) is 17.8 Å². The van der Waals surface area contributed by atoms with Crippen LogP contribution in [0.4, 0.5) is 0 Å². The molecular weight excluding hydrogens is 352 g/mol. The van der Waals surface area contributed by atoms with Gasteiger partial charge in [0, 0.05) is 25.9 Å². The van der Waals surface area contributed by atoms with Gasteiger partial charge in [-0.15, -0.1) is 10.2 Å². The van der Waals surface area contributed by atoms with Gasteiger partial charge in [0.1, 0.15) is 11.6 Å². The van der Waals surface area contributed by atoms with E-state index >= 15 is 0 Å². The highest BCUT2D eigenvalue weighted by atomic mass is 16.5. The van der Waals surface area contributed by atoms with Crippen molar-refractivity contribution in [3.8, 4) is 5.75 Å². The number of fused-ring (bicyclic) bond motifs is 1. The molecule has 1 aromatic carbocycles. The molecule has 6 heteroatoms. The van der Waals surface area contributed by atoms with Crippen molar-refractivity contribution >= 4 is 5.91 Å². The van der Waals surface area contributed by atoms with Crippen LogP contribution in [0.2, 0.25) is 0 Å². The third-order valence-corrected chi connectivity index (χ3v) is 5.80. The minimum absolute atomic E-state index is 0.0875. The van der Waals surface area contributed by atoms with E-state index in [0.717, 1.165) is 56.2 Å². The lowest BCUT2D eigenvalue weighted by Gasteiger charge is -2.24. The molecule has 1 fully saturated rings. The molecule has 3 heterocycles. The van der Waals surface area contributed by atoms with E-state index < -0.39 is 0 Å². The molecule has 2 aromatic rings. The second kappa shape index (κ2) is 8.76. The lowest BCUT2D eigenvalue weighted by Crippen LogP contribution is -2.32. The second-order valence-electron chi connectivity index (χ2n) is 7.95. The normalized spacial score (nSPS) is 19.3. The molecule has 0 spiro atoms. The van der Waals surface area contributed by atoms with Crippen molar-refractivity contribution in [3.05, 3.63) is 41.5 Å². The van der Waals surface area contributed by atoms with Crippen molar-refractivity contribution < 1.29 is 9.53 Å². The highest BCUT2D eigenvalue weighted by Gasteiger charge is 2.34. The first-order valence-electron chi connectivity index (χ1n) is 10.6. The molecule has 2 aliphatic rings. The Morgan fingerprint density at radius 3 is 3.00 bits per heavy atom. The summed E-state index contributed by atoms with van der Waals surface area (Å²) in [6, 6.07) is 8.11. The summed E-state index contributed by atoms with van der Waals surface area (Å²) < 4.78 is 8.07. The first-order chi connectivity index (χ1) is 13.7. The van der Waals surface area contributed by atoms with Gasteiger partial charge in [0.15, 0.2) is 5.82 Å². The Hall–Kier alpha value is -2.37. The molecule has 1 aromatic heterocycles. The Balaban J connectivity index is 1.33. The number of carbonyl (C=O) groups is 1. The van der Waals surface area contributed by atoms with Crippen LogP contribution in [0.25, 0.3) is 0 Å². The number of aryl methyl sites for hydroxylation is 2. The Bertz CT molecular complexity index is 817. The lowest BCUT2D eigenvalue weighted by molar-refractivity contribution is -0.132. The van der Waals surface area contributed by atoms with Crippen LogP contribution in [0, 0.1) is 6.92 Å². The first-order valence-corrected chi connectivity index (χ1v) is 10.6. The van der Waals surface area contributed by atoms with E-state index in [2.05, 4.69) is 27.8 Å². The van der Waals surface area contributed by atoms with Crippen LogP contribution in [0.15, 0.2) is 24.3 Å². The minimum Gasteiger partial charge on any atom is -0.494 e. The minimum atomic E-state index is 0.0875. The third-order valence-electron chi connectivity index (χ3n) is 5.80. The van der Waals surface area contributed by atoms with Crippen molar-refractivity contribution in [2.24, 2.45) is 0 Å². The number of nitrogens with zero attached hydrogens (tertiary/aromatic N) is 4. The topological polar surface area (TPSA) is 60.2 Å². The van der Waals surface area contributed by atoms with E-state index in [1.165, 1.54) is 24.8 Å². The summed E-state index contributed by atoms with van der Waals surface area (Å²) in [4.78, 5) is 14.9. The molecule has 1 saturated heterocycles. The molecule has 0 N–H and O–H groups in total. The summed E-state index contributed by atoms with van der Waals surface area (Å²) in [5, 5.41) is 8.92. The van der Waals surface area contributed by atoms with Crippen LogP contribution in [0.1, 0.15) is 68.2 Å². The average Bonchev–Trinajstić information content (AvgIpc) is 3.26. The molecule has 0 aliphatic carbocycles. The predicted molar refractivity (Wildman–Crippen MR) is 107 cm³/mol. The lowest BCUT2D eigenvalue weighted by atomic mass is 10.2. The first kappa shape index (κ1) is 19.0. The van der Waals surface area contributed by atoms with Gasteiger partial charge in [-0.25, -0.2) is 0 Å². The average molecular weight is 383 g/mol. The zero-order valence-corrected chi connectivity index (χ0v) is 16.8. The maximum absolute atomic E-state index is 12.9. The molecule has 4 rings (SSSR count). The largest absolute Gasteiger partial charge is 0.494 e. The standard InChI is InChI=1S/C22H30N4O2/c1-17-8-5-9-18(16-17)28-15-7-12-21(27)25-14-6-10-19(25)22-24-23-20-11-3-2-4-13-26(20)22/h5,8-9,16,19H,2-4,6-7,10-15H2,1H3. The maximum Gasteiger partial charge on any atom is 0.223 e. The van der Waals surface area contributed by atoms with E-state index in [4.69, 9.17) is 4.74 Å². The Kier molecular flexibility index (Phi) is 5.93. The molecule has 0 radical (unpaired) electrons. The summed E-state index contributed by atoms with van der Waals surface area (Å²) in [6.07, 6.45) is 7.89. The highest BCUT2D eigenvalue weighted by molar-refractivity contribution is 5.76. The molecule has 0 bridgehead atoms. The molecule has 6 nitrogen and oxygen atoms in total. The zero-order chi connectivity index (χ0) is 19.3. The maximum atomic E-state index is 12.9. The van der Waals surface area contributed by atoms with E-state index in [1.807, 2.05) is 23.1 Å². The van der Waals surface area contributed by atoms with Gasteiger partial charge >= 0.3 is 0 Å². The number of likely N-dealkylation sites (tertiary alicyclic amines) is 1. The number of ether oxygens (including phenoxy) is 1. The summed E-state index contributed by atoms with van der Waals surface area (Å²) in [6.45, 7) is 4.42. The van der Waals surface area contributed by atoms with Gasteiger partial charge in [-0.05, 0) is 56.7 Å². The van der Waals surface area contributed by atoms with Gasteiger partial charge in [0.05, 0.1) is 12.6 Å². The van der Waals surface area contributed by atoms with Crippen molar-refractivity contribution in [1.29, 1.82) is 0 Å². The fraction of sp³-hybridized carbons (Fsp3) is 0.591. The molecule has 150 valence electrons. The molecule has 28 heavy (non-hydrogen) atoms. The van der Waals surface area contributed by atoms with Gasteiger partial charge in [-0.1, -0.05) is 18.6 Å². The van der Waals surface area contributed by atoms with E-state index in [9.17, 15) is 4.79 Å². The summed E-state index contributed by atoms with van der Waals surface area (Å²) in [5.41, 5.74) is 1.18. The van der Waals surface area contributed by atoms with E-state index in [1.54, 1.807) is 0 Å². The molecule has 0 saturated carbocycles. The van der Waals surface area contributed by atoms with Gasteiger partial charge in [0.25, 0.3) is 0 Å². The third kappa shape index (κ3) is 4.21. The summed E-state index contributed by atoms with van der Waals surface area (Å²) in [7, 11) is 0. The van der Waals surface area contributed by atoms with Gasteiger partial charge in [0.2, 0.25) is 5.91 Å². The van der Waals surface area contributed by atoms with Gasteiger partial charge in [-0.3, -0.25) is 4.79 Å². The molecule has 1 amide bonds. The van der Waals surface area contributed by atoms with Crippen LogP contribution in [0.5, 0.6) is 5.75 Å². The number of amides is 1. The van der Waals surface area contributed by atoms with Crippen LogP contribution in [-0.4, -0.2) is 38.7 Å². The fourth-order valence-electron chi connectivity index (χ4n) is 4.35. The number of hydrogen-bond donors (Lipinski definition) is 0. The van der Waals surface area contributed by atoms with Crippen molar-refractivity contribution in [1.82, 2.24) is 19.7 Å². The van der Waals surface area contributed by atoms with Gasteiger partial charge < -0.3 is 14.2 Å². The molecule has 1 unspecified atom stereocenters. The fourth-order valence-corrected chi connectivity index (χ4v) is 4.35. The Morgan fingerprint density at radius 1 is 1.18 bits per heavy atom. The Morgan fingerprint density at radius 2 is 2.11 bits per heavy atom. The summed E-state index contributed by atoms with van der Waals surface area (Å²) >= 11 is 0. The zero-order valence-electron chi connectivity index (χ0n) is 16.8. The SMILES string of the molecule is Cc1cccc(OCCCC(=O)N2CCCC2c2nnc3n2CCCCC3)c1. The van der Waals surface area contributed by atoms with E-state index in [0.29, 0.717) is 13.0 Å². The van der Waals surface area contributed by atoms with Crippen molar-refractivity contribution in [2.45, 2.75) is 70.9 Å². The summed E-state index contributed by atoms with van der Waals surface area (Å²) in [5.74, 6) is 3.18. The molecule has 2 aliphatic heterocycles. The van der Waals surface area contributed by atoms with E-state index in [-0.39, 0.29) is 11.9 Å². The number of carbonyl (C=O) groups excluding carboxylic acids is 1. The van der Waals surface area contributed by atoms with Gasteiger partial charge in [-0.2, -0.15) is 0 Å².